The number of β-amino-alcohol motifs (C(OH)–C–C–N with tert-alkyl or cyclic N) is 1. The molecular weight excluding hydrogens is 244 g/mol. The number of aliphatic hydroxyl groups excluding tert-OH is 1. The second kappa shape index (κ2) is 7.34. The van der Waals surface area contributed by atoms with Crippen LogP contribution in [0.15, 0.2) is 12.4 Å². The Morgan fingerprint density at radius 2 is 1.95 bits per heavy atom. The molecule has 19 heavy (non-hydrogen) atoms. The molecular formula is C12H22N6O. The number of aromatic nitrogens is 2. The molecule has 2 heterocycles. The van der Waals surface area contributed by atoms with Crippen LogP contribution in [0.1, 0.15) is 12.1 Å². The molecule has 0 bridgehead atoms. The first-order valence-electron chi connectivity index (χ1n) is 6.65. The maximum atomic E-state index is 8.97. The largest absolute Gasteiger partial charge is 0.395 e. The van der Waals surface area contributed by atoms with E-state index in [-0.39, 0.29) is 6.61 Å². The van der Waals surface area contributed by atoms with Gasteiger partial charge in [0.05, 0.1) is 24.7 Å². The molecule has 1 aromatic rings. The maximum absolute atomic E-state index is 8.97. The maximum Gasteiger partial charge on any atom is 0.158 e. The van der Waals surface area contributed by atoms with Crippen LogP contribution in [0, 0.1) is 0 Å². The first-order valence-corrected chi connectivity index (χ1v) is 6.65. The zero-order valence-electron chi connectivity index (χ0n) is 11.1. The summed E-state index contributed by atoms with van der Waals surface area (Å²) in [6.45, 7) is 5.92. The van der Waals surface area contributed by atoms with Crippen molar-refractivity contribution in [1.82, 2.24) is 19.8 Å². The summed E-state index contributed by atoms with van der Waals surface area (Å²) in [5.74, 6) is 5.84. The fourth-order valence-corrected chi connectivity index (χ4v) is 2.29. The Morgan fingerprint density at radius 1 is 1.16 bits per heavy atom. The third-order valence-electron chi connectivity index (χ3n) is 3.34. The Hall–Kier alpha value is -1.28. The van der Waals surface area contributed by atoms with E-state index in [9.17, 15) is 0 Å². The smallest absolute Gasteiger partial charge is 0.158 e. The molecule has 106 valence electrons. The molecule has 2 rings (SSSR count). The van der Waals surface area contributed by atoms with Gasteiger partial charge in [0, 0.05) is 26.2 Å². The van der Waals surface area contributed by atoms with Crippen molar-refractivity contribution in [3.63, 3.8) is 0 Å². The fraction of sp³-hybridized carbons (Fsp3) is 0.667. The lowest BCUT2D eigenvalue weighted by Crippen LogP contribution is -2.32. The third-order valence-corrected chi connectivity index (χ3v) is 3.34. The molecule has 0 atom stereocenters. The lowest BCUT2D eigenvalue weighted by molar-refractivity contribution is 0.195. The molecule has 1 aliphatic rings. The number of anilines is 1. The Kier molecular flexibility index (Phi) is 5.46. The van der Waals surface area contributed by atoms with Gasteiger partial charge in [-0.15, -0.1) is 0 Å². The number of nitrogen functional groups attached to an aromatic ring is 1. The Morgan fingerprint density at radius 3 is 2.63 bits per heavy atom. The highest BCUT2D eigenvalue weighted by Gasteiger charge is 2.14. The van der Waals surface area contributed by atoms with Gasteiger partial charge in [-0.2, -0.15) is 0 Å². The minimum atomic E-state index is 0.235. The first kappa shape index (κ1) is 14.1. The predicted molar refractivity (Wildman–Crippen MR) is 73.3 cm³/mol. The second-order valence-corrected chi connectivity index (χ2v) is 4.73. The van der Waals surface area contributed by atoms with Crippen LogP contribution >= 0.6 is 0 Å². The molecule has 0 aromatic carbocycles. The van der Waals surface area contributed by atoms with Crippen LogP contribution in [-0.4, -0.2) is 64.2 Å². The molecule has 0 radical (unpaired) electrons. The van der Waals surface area contributed by atoms with Crippen LogP contribution in [-0.2, 0) is 6.54 Å². The van der Waals surface area contributed by atoms with Crippen LogP contribution in [0.5, 0.6) is 0 Å². The van der Waals surface area contributed by atoms with Gasteiger partial charge < -0.3 is 10.5 Å². The summed E-state index contributed by atoms with van der Waals surface area (Å²) in [5, 5.41) is 8.97. The third kappa shape index (κ3) is 4.39. The Balaban J connectivity index is 1.84. The number of nitrogens with one attached hydrogen (secondary N) is 1. The number of rotatable bonds is 5. The van der Waals surface area contributed by atoms with E-state index in [1.54, 1.807) is 12.4 Å². The van der Waals surface area contributed by atoms with Gasteiger partial charge in [0.25, 0.3) is 0 Å². The van der Waals surface area contributed by atoms with E-state index < -0.39 is 0 Å². The Labute approximate surface area is 113 Å². The molecule has 0 saturated carbocycles. The summed E-state index contributed by atoms with van der Waals surface area (Å²) in [6, 6.07) is 0. The van der Waals surface area contributed by atoms with E-state index in [2.05, 4.69) is 25.2 Å². The lowest BCUT2D eigenvalue weighted by Gasteiger charge is -2.20. The van der Waals surface area contributed by atoms with Crippen molar-refractivity contribution in [3.05, 3.63) is 18.1 Å². The van der Waals surface area contributed by atoms with Crippen LogP contribution in [0.2, 0.25) is 0 Å². The SMILES string of the molecule is NNc1cnc(CN2CCCN(CCO)CC2)cn1. The van der Waals surface area contributed by atoms with Crippen molar-refractivity contribution < 1.29 is 5.11 Å². The minimum absolute atomic E-state index is 0.235. The monoisotopic (exact) mass is 266 g/mol. The molecule has 0 aliphatic carbocycles. The van der Waals surface area contributed by atoms with Crippen molar-refractivity contribution in [2.45, 2.75) is 13.0 Å². The van der Waals surface area contributed by atoms with E-state index in [1.165, 1.54) is 0 Å². The summed E-state index contributed by atoms with van der Waals surface area (Å²) >= 11 is 0. The molecule has 4 N–H and O–H groups in total. The quantitative estimate of drug-likeness (QED) is 0.478. The van der Waals surface area contributed by atoms with Crippen molar-refractivity contribution in [2.75, 3.05) is 44.8 Å². The zero-order chi connectivity index (χ0) is 13.5. The molecule has 1 saturated heterocycles. The van der Waals surface area contributed by atoms with Crippen molar-refractivity contribution in [2.24, 2.45) is 5.84 Å². The highest BCUT2D eigenvalue weighted by atomic mass is 16.3. The van der Waals surface area contributed by atoms with Gasteiger partial charge in [-0.3, -0.25) is 14.8 Å². The topological polar surface area (TPSA) is 90.5 Å². The molecule has 0 amide bonds. The van der Waals surface area contributed by atoms with Gasteiger partial charge in [0.15, 0.2) is 5.82 Å². The summed E-state index contributed by atoms with van der Waals surface area (Å²) in [5.41, 5.74) is 3.42. The molecule has 1 fully saturated rings. The van der Waals surface area contributed by atoms with Crippen LogP contribution in [0.3, 0.4) is 0 Å². The van der Waals surface area contributed by atoms with Crippen LogP contribution < -0.4 is 11.3 Å². The van der Waals surface area contributed by atoms with E-state index in [1.807, 2.05) is 0 Å². The molecule has 7 heteroatoms. The summed E-state index contributed by atoms with van der Waals surface area (Å²) in [4.78, 5) is 13.2. The van der Waals surface area contributed by atoms with E-state index >= 15 is 0 Å². The van der Waals surface area contributed by atoms with Gasteiger partial charge >= 0.3 is 0 Å². The highest BCUT2D eigenvalue weighted by Crippen LogP contribution is 2.07. The normalized spacial score (nSPS) is 18.2. The van der Waals surface area contributed by atoms with E-state index in [0.717, 1.165) is 51.4 Å². The summed E-state index contributed by atoms with van der Waals surface area (Å²) < 4.78 is 0. The van der Waals surface area contributed by atoms with Crippen molar-refractivity contribution >= 4 is 5.82 Å². The average Bonchev–Trinajstić information content (AvgIpc) is 2.66. The van der Waals surface area contributed by atoms with Gasteiger partial charge in [-0.05, 0) is 19.5 Å². The predicted octanol–water partition coefficient (Wildman–Crippen LogP) is -0.738. The van der Waals surface area contributed by atoms with Gasteiger partial charge in [-0.25, -0.2) is 10.8 Å². The standard InChI is InChI=1S/C12H22N6O/c13-16-12-9-14-11(8-15-12)10-18-3-1-2-17(4-5-18)6-7-19/h8-9,19H,1-7,10,13H2,(H,15,16). The number of nitrogens with zero attached hydrogens (tertiary/aromatic N) is 4. The van der Waals surface area contributed by atoms with E-state index in [4.69, 9.17) is 10.9 Å². The van der Waals surface area contributed by atoms with Gasteiger partial charge in [0.1, 0.15) is 0 Å². The molecule has 7 nitrogen and oxygen atoms in total. The number of hydrogen-bond donors (Lipinski definition) is 3. The lowest BCUT2D eigenvalue weighted by atomic mass is 10.3. The number of aliphatic hydroxyl groups is 1. The average molecular weight is 266 g/mol. The van der Waals surface area contributed by atoms with Crippen molar-refractivity contribution in [1.29, 1.82) is 0 Å². The van der Waals surface area contributed by atoms with Gasteiger partial charge in [0.2, 0.25) is 0 Å². The summed E-state index contributed by atoms with van der Waals surface area (Å²) in [6.07, 6.45) is 4.52. The number of hydrazine groups is 1. The number of nitrogens with two attached hydrogens (primary N) is 1. The first-order chi connectivity index (χ1) is 9.31. The minimum Gasteiger partial charge on any atom is -0.395 e. The highest BCUT2D eigenvalue weighted by molar-refractivity contribution is 5.28. The fourth-order valence-electron chi connectivity index (χ4n) is 2.29. The molecule has 0 spiro atoms. The molecule has 1 aromatic heterocycles. The van der Waals surface area contributed by atoms with Crippen LogP contribution in [0.4, 0.5) is 5.82 Å². The molecule has 1 aliphatic heterocycles. The number of hydrogen-bond acceptors (Lipinski definition) is 7. The van der Waals surface area contributed by atoms with Gasteiger partial charge in [-0.1, -0.05) is 0 Å². The zero-order valence-corrected chi connectivity index (χ0v) is 11.1. The summed E-state index contributed by atoms with van der Waals surface area (Å²) in [7, 11) is 0. The Bertz CT molecular complexity index is 371. The second-order valence-electron chi connectivity index (χ2n) is 4.73. The van der Waals surface area contributed by atoms with Crippen LogP contribution in [0.25, 0.3) is 0 Å². The molecule has 0 unspecified atom stereocenters. The van der Waals surface area contributed by atoms with E-state index in [0.29, 0.717) is 5.82 Å². The van der Waals surface area contributed by atoms with Crippen molar-refractivity contribution in [3.8, 4) is 0 Å².